The van der Waals surface area contributed by atoms with Gasteiger partial charge in [-0.15, -0.1) is 0 Å². The molecule has 0 bridgehead atoms. The van der Waals surface area contributed by atoms with Gasteiger partial charge in [-0.2, -0.15) is 4.89 Å². The maximum atomic E-state index is 5.60. The van der Waals surface area contributed by atoms with E-state index in [0.717, 1.165) is 18.6 Å². The van der Waals surface area contributed by atoms with Gasteiger partial charge in [-0.3, -0.25) is 0 Å². The van der Waals surface area contributed by atoms with Crippen molar-refractivity contribution in [2.24, 2.45) is 0 Å². The molecule has 1 aliphatic rings. The van der Waals surface area contributed by atoms with Crippen molar-refractivity contribution in [2.45, 2.75) is 12.8 Å². The zero-order valence-electron chi connectivity index (χ0n) is 6.75. The number of hydrogen-bond donors (Lipinski definition) is 1. The molecular weight excluding hydrogens is 154 g/mol. The third-order valence-electron chi connectivity index (χ3n) is 1.91. The molecule has 0 unspecified atom stereocenters. The maximum Gasteiger partial charge on any atom is 0.170 e. The molecular formula is C9H11NO2. The van der Waals surface area contributed by atoms with Crippen LogP contribution in [0.25, 0.3) is 0 Å². The van der Waals surface area contributed by atoms with Gasteiger partial charge in [0.2, 0.25) is 0 Å². The predicted molar refractivity (Wildman–Crippen MR) is 45.8 cm³/mol. The van der Waals surface area contributed by atoms with Crippen molar-refractivity contribution in [1.82, 2.24) is 0 Å². The Kier molecular flexibility index (Phi) is 1.87. The van der Waals surface area contributed by atoms with E-state index in [4.69, 9.17) is 15.5 Å². The minimum atomic E-state index is 0.647. The molecule has 3 heteroatoms. The van der Waals surface area contributed by atoms with E-state index in [9.17, 15) is 0 Å². The van der Waals surface area contributed by atoms with E-state index in [1.54, 1.807) is 6.07 Å². The number of aryl methyl sites for hydroxylation is 1. The number of nitrogens with two attached hydrogens (primary N) is 1. The quantitative estimate of drug-likeness (QED) is 0.468. The molecule has 0 atom stereocenters. The van der Waals surface area contributed by atoms with Crippen LogP contribution < -0.4 is 10.6 Å². The third-order valence-corrected chi connectivity index (χ3v) is 1.91. The number of nitrogen functional groups attached to an aromatic ring is 1. The minimum absolute atomic E-state index is 0.647. The SMILES string of the molecule is Nc1ccc2c(c1)OOCCC2. The Bertz CT molecular complexity index is 286. The Balaban J connectivity index is 2.36. The van der Waals surface area contributed by atoms with Crippen molar-refractivity contribution < 1.29 is 9.78 Å². The fourth-order valence-electron chi connectivity index (χ4n) is 1.28. The van der Waals surface area contributed by atoms with E-state index >= 15 is 0 Å². The van der Waals surface area contributed by atoms with E-state index in [1.165, 1.54) is 5.56 Å². The molecule has 1 aromatic carbocycles. The van der Waals surface area contributed by atoms with Crippen LogP contribution in [0.3, 0.4) is 0 Å². The lowest BCUT2D eigenvalue weighted by Crippen LogP contribution is -1.96. The van der Waals surface area contributed by atoms with Crippen LogP contribution in [-0.4, -0.2) is 6.61 Å². The highest BCUT2D eigenvalue weighted by Crippen LogP contribution is 2.25. The van der Waals surface area contributed by atoms with Crippen molar-refractivity contribution in [3.63, 3.8) is 0 Å². The number of fused-ring (bicyclic) bond motifs is 1. The lowest BCUT2D eigenvalue weighted by Gasteiger charge is -2.04. The predicted octanol–water partition coefficient (Wildman–Crippen LogP) is 1.53. The van der Waals surface area contributed by atoms with Gasteiger partial charge < -0.3 is 10.6 Å². The largest absolute Gasteiger partial charge is 0.399 e. The van der Waals surface area contributed by atoms with Crippen LogP contribution in [0.4, 0.5) is 5.69 Å². The molecule has 2 rings (SSSR count). The summed E-state index contributed by atoms with van der Waals surface area (Å²) in [5.74, 6) is 0.757. The van der Waals surface area contributed by atoms with Gasteiger partial charge in [0, 0.05) is 11.8 Å². The smallest absolute Gasteiger partial charge is 0.170 e. The average molecular weight is 165 g/mol. The molecule has 0 aliphatic carbocycles. The van der Waals surface area contributed by atoms with Crippen molar-refractivity contribution in [3.8, 4) is 5.75 Å². The lowest BCUT2D eigenvalue weighted by molar-refractivity contribution is -0.203. The van der Waals surface area contributed by atoms with Gasteiger partial charge >= 0.3 is 0 Å². The van der Waals surface area contributed by atoms with Crippen LogP contribution in [0, 0.1) is 0 Å². The summed E-state index contributed by atoms with van der Waals surface area (Å²) in [4.78, 5) is 9.97. The number of benzene rings is 1. The second kappa shape index (κ2) is 3.03. The van der Waals surface area contributed by atoms with Crippen molar-refractivity contribution >= 4 is 5.69 Å². The zero-order valence-corrected chi connectivity index (χ0v) is 6.75. The fraction of sp³-hybridized carbons (Fsp3) is 0.333. The van der Waals surface area contributed by atoms with Crippen molar-refractivity contribution in [3.05, 3.63) is 23.8 Å². The first-order chi connectivity index (χ1) is 5.86. The zero-order chi connectivity index (χ0) is 8.39. The molecule has 0 amide bonds. The fourth-order valence-corrected chi connectivity index (χ4v) is 1.28. The van der Waals surface area contributed by atoms with Gasteiger partial charge in [0.15, 0.2) is 5.75 Å². The highest BCUT2D eigenvalue weighted by molar-refractivity contribution is 5.48. The summed E-state index contributed by atoms with van der Waals surface area (Å²) in [5, 5.41) is 0. The van der Waals surface area contributed by atoms with Crippen LogP contribution in [0.1, 0.15) is 12.0 Å². The van der Waals surface area contributed by atoms with Crippen LogP contribution in [-0.2, 0) is 11.3 Å². The van der Waals surface area contributed by atoms with E-state index in [-0.39, 0.29) is 0 Å². The van der Waals surface area contributed by atoms with Crippen LogP contribution in [0.15, 0.2) is 18.2 Å². The first-order valence-corrected chi connectivity index (χ1v) is 4.04. The summed E-state index contributed by atoms with van der Waals surface area (Å²) in [5.41, 5.74) is 7.47. The summed E-state index contributed by atoms with van der Waals surface area (Å²) in [7, 11) is 0. The molecule has 2 N–H and O–H groups in total. The number of hydrogen-bond acceptors (Lipinski definition) is 3. The average Bonchev–Trinajstić information content (AvgIpc) is 2.28. The third kappa shape index (κ3) is 1.36. The molecule has 1 heterocycles. The van der Waals surface area contributed by atoms with Gasteiger partial charge in [0.25, 0.3) is 0 Å². The molecule has 0 fully saturated rings. The standard InChI is InChI=1S/C9H11NO2/c10-8-4-3-7-2-1-5-11-12-9(7)6-8/h3-4,6H,1-2,5,10H2. The van der Waals surface area contributed by atoms with E-state index < -0.39 is 0 Å². The van der Waals surface area contributed by atoms with Crippen molar-refractivity contribution in [2.75, 3.05) is 12.3 Å². The Morgan fingerprint density at radius 1 is 1.33 bits per heavy atom. The lowest BCUT2D eigenvalue weighted by atomic mass is 10.1. The summed E-state index contributed by atoms with van der Waals surface area (Å²) >= 11 is 0. The van der Waals surface area contributed by atoms with Gasteiger partial charge in [-0.1, -0.05) is 6.07 Å². The molecule has 0 aromatic heterocycles. The van der Waals surface area contributed by atoms with E-state index in [1.807, 2.05) is 12.1 Å². The molecule has 12 heavy (non-hydrogen) atoms. The Morgan fingerprint density at radius 2 is 2.25 bits per heavy atom. The summed E-state index contributed by atoms with van der Waals surface area (Å²) < 4.78 is 0. The van der Waals surface area contributed by atoms with E-state index in [2.05, 4.69) is 0 Å². The Hall–Kier alpha value is -1.22. The first kappa shape index (κ1) is 7.43. The molecule has 0 saturated carbocycles. The van der Waals surface area contributed by atoms with E-state index in [0.29, 0.717) is 12.3 Å². The van der Waals surface area contributed by atoms with Gasteiger partial charge in [0.05, 0.1) is 6.61 Å². The Labute approximate surface area is 71.0 Å². The van der Waals surface area contributed by atoms with Crippen LogP contribution >= 0.6 is 0 Å². The first-order valence-electron chi connectivity index (χ1n) is 4.04. The van der Waals surface area contributed by atoms with Crippen molar-refractivity contribution in [1.29, 1.82) is 0 Å². The summed E-state index contributed by atoms with van der Waals surface area (Å²) in [6, 6.07) is 5.66. The molecule has 0 radical (unpaired) electrons. The van der Waals surface area contributed by atoms with Crippen LogP contribution in [0.2, 0.25) is 0 Å². The molecule has 0 spiro atoms. The second-order valence-corrected chi connectivity index (χ2v) is 2.88. The monoisotopic (exact) mass is 165 g/mol. The minimum Gasteiger partial charge on any atom is -0.399 e. The number of anilines is 1. The van der Waals surface area contributed by atoms with Crippen LogP contribution in [0.5, 0.6) is 5.75 Å². The second-order valence-electron chi connectivity index (χ2n) is 2.88. The summed E-state index contributed by atoms with van der Waals surface area (Å²) in [6.45, 7) is 0.647. The molecule has 1 aliphatic heterocycles. The molecule has 0 saturated heterocycles. The highest BCUT2D eigenvalue weighted by atomic mass is 17.2. The normalized spacial score (nSPS) is 16.0. The molecule has 64 valence electrons. The number of rotatable bonds is 0. The maximum absolute atomic E-state index is 5.60. The topological polar surface area (TPSA) is 44.5 Å². The highest BCUT2D eigenvalue weighted by Gasteiger charge is 2.09. The molecule has 1 aromatic rings. The van der Waals surface area contributed by atoms with Gasteiger partial charge in [-0.25, -0.2) is 0 Å². The Morgan fingerprint density at radius 3 is 3.17 bits per heavy atom. The van der Waals surface area contributed by atoms with Gasteiger partial charge in [0.1, 0.15) is 0 Å². The summed E-state index contributed by atoms with van der Waals surface area (Å²) in [6.07, 6.45) is 1.99. The molecule has 3 nitrogen and oxygen atoms in total. The van der Waals surface area contributed by atoms with Gasteiger partial charge in [-0.05, 0) is 24.5 Å².